The quantitative estimate of drug-likeness (QED) is 0.756. The zero-order chi connectivity index (χ0) is 19.2. The molecule has 1 unspecified atom stereocenters. The monoisotopic (exact) mass is 389 g/mol. The molecule has 0 aromatic heterocycles. The molecule has 1 amide bonds. The molecule has 0 spiro atoms. The van der Waals surface area contributed by atoms with E-state index in [4.69, 9.17) is 25.8 Å². The summed E-state index contributed by atoms with van der Waals surface area (Å²) in [5.41, 5.74) is 2.12. The van der Waals surface area contributed by atoms with Gasteiger partial charge in [-0.15, -0.1) is 0 Å². The Morgan fingerprint density at radius 2 is 1.89 bits per heavy atom. The molecule has 144 valence electrons. The number of hydrogen-bond donors (Lipinski definition) is 0. The lowest BCUT2D eigenvalue weighted by Crippen LogP contribution is -2.49. The standard InChI is InChI=1S/C21H24ClNO4/c1-15-3-5-17(6-4-15)27-14-21(24)23-9-10-25-19(12-23)13-26-18-7-8-20(22)16(2)11-18/h3-8,11,19H,9-10,12-14H2,1-2H3. The van der Waals surface area contributed by atoms with Gasteiger partial charge in [0.2, 0.25) is 0 Å². The number of morpholine rings is 1. The van der Waals surface area contributed by atoms with Gasteiger partial charge in [-0.25, -0.2) is 0 Å². The first kappa shape index (κ1) is 19.5. The molecule has 1 saturated heterocycles. The Kier molecular flexibility index (Phi) is 6.58. The van der Waals surface area contributed by atoms with Gasteiger partial charge in [-0.3, -0.25) is 4.79 Å². The third-order valence-corrected chi connectivity index (χ3v) is 4.86. The lowest BCUT2D eigenvalue weighted by atomic mass is 10.2. The molecule has 2 aromatic carbocycles. The Morgan fingerprint density at radius 3 is 2.63 bits per heavy atom. The Morgan fingerprint density at radius 1 is 1.15 bits per heavy atom. The highest BCUT2D eigenvalue weighted by atomic mass is 35.5. The van der Waals surface area contributed by atoms with Crippen molar-refractivity contribution in [3.8, 4) is 11.5 Å². The van der Waals surface area contributed by atoms with E-state index in [-0.39, 0.29) is 18.6 Å². The van der Waals surface area contributed by atoms with Crippen molar-refractivity contribution in [3.05, 3.63) is 58.6 Å². The number of hydrogen-bond acceptors (Lipinski definition) is 4. The highest BCUT2D eigenvalue weighted by Gasteiger charge is 2.25. The first-order chi connectivity index (χ1) is 13.0. The fourth-order valence-electron chi connectivity index (χ4n) is 2.81. The predicted molar refractivity (Wildman–Crippen MR) is 105 cm³/mol. The van der Waals surface area contributed by atoms with Gasteiger partial charge in [0.25, 0.3) is 5.91 Å². The molecule has 0 aliphatic carbocycles. The average molecular weight is 390 g/mol. The first-order valence-corrected chi connectivity index (χ1v) is 9.37. The number of benzene rings is 2. The van der Waals surface area contributed by atoms with Gasteiger partial charge in [0.05, 0.1) is 13.2 Å². The molecule has 0 saturated carbocycles. The maximum atomic E-state index is 12.4. The van der Waals surface area contributed by atoms with Crippen molar-refractivity contribution in [3.63, 3.8) is 0 Å². The summed E-state index contributed by atoms with van der Waals surface area (Å²) >= 11 is 6.03. The summed E-state index contributed by atoms with van der Waals surface area (Å²) in [5, 5.41) is 0.710. The van der Waals surface area contributed by atoms with Crippen LogP contribution in [-0.2, 0) is 9.53 Å². The van der Waals surface area contributed by atoms with E-state index < -0.39 is 0 Å². The van der Waals surface area contributed by atoms with Crippen LogP contribution in [0.3, 0.4) is 0 Å². The van der Waals surface area contributed by atoms with E-state index in [9.17, 15) is 4.79 Å². The molecule has 5 nitrogen and oxygen atoms in total. The molecule has 1 aliphatic heterocycles. The van der Waals surface area contributed by atoms with Crippen molar-refractivity contribution in [1.82, 2.24) is 4.90 Å². The van der Waals surface area contributed by atoms with Crippen LogP contribution in [0.4, 0.5) is 0 Å². The van der Waals surface area contributed by atoms with Crippen LogP contribution in [0.15, 0.2) is 42.5 Å². The Bertz CT molecular complexity index is 778. The van der Waals surface area contributed by atoms with Crippen molar-refractivity contribution >= 4 is 17.5 Å². The lowest BCUT2D eigenvalue weighted by Gasteiger charge is -2.32. The zero-order valence-corrected chi connectivity index (χ0v) is 16.4. The molecule has 0 bridgehead atoms. The van der Waals surface area contributed by atoms with Crippen LogP contribution >= 0.6 is 11.6 Å². The van der Waals surface area contributed by atoms with Crippen LogP contribution < -0.4 is 9.47 Å². The van der Waals surface area contributed by atoms with Crippen molar-refractivity contribution in [2.45, 2.75) is 20.0 Å². The molecule has 0 radical (unpaired) electrons. The molecule has 1 aliphatic rings. The van der Waals surface area contributed by atoms with E-state index in [0.717, 1.165) is 16.9 Å². The largest absolute Gasteiger partial charge is 0.491 e. The van der Waals surface area contributed by atoms with Crippen LogP contribution in [0.25, 0.3) is 0 Å². The number of rotatable bonds is 6. The number of carbonyl (C=O) groups excluding carboxylic acids is 1. The summed E-state index contributed by atoms with van der Waals surface area (Å²) in [6.45, 7) is 5.88. The maximum Gasteiger partial charge on any atom is 0.260 e. The molecule has 0 N–H and O–H groups in total. The van der Waals surface area contributed by atoms with Gasteiger partial charge in [0.1, 0.15) is 24.2 Å². The second-order valence-corrected chi connectivity index (χ2v) is 7.06. The normalized spacial score (nSPS) is 16.9. The van der Waals surface area contributed by atoms with Crippen molar-refractivity contribution in [1.29, 1.82) is 0 Å². The number of aryl methyl sites for hydroxylation is 2. The predicted octanol–water partition coefficient (Wildman–Crippen LogP) is 3.64. The van der Waals surface area contributed by atoms with Gasteiger partial charge in [0, 0.05) is 11.6 Å². The van der Waals surface area contributed by atoms with E-state index >= 15 is 0 Å². The Labute approximate surface area is 164 Å². The molecule has 1 atom stereocenters. The van der Waals surface area contributed by atoms with E-state index in [1.807, 2.05) is 56.3 Å². The van der Waals surface area contributed by atoms with Gasteiger partial charge in [-0.2, -0.15) is 0 Å². The van der Waals surface area contributed by atoms with Gasteiger partial charge in [-0.05, 0) is 49.7 Å². The zero-order valence-electron chi connectivity index (χ0n) is 15.6. The van der Waals surface area contributed by atoms with Crippen molar-refractivity contribution in [2.75, 3.05) is 32.9 Å². The van der Waals surface area contributed by atoms with Gasteiger partial charge < -0.3 is 19.1 Å². The van der Waals surface area contributed by atoms with E-state index in [0.29, 0.717) is 37.1 Å². The number of ether oxygens (including phenoxy) is 3. The summed E-state index contributed by atoms with van der Waals surface area (Å²) < 4.78 is 17.1. The minimum atomic E-state index is -0.168. The fourth-order valence-corrected chi connectivity index (χ4v) is 2.93. The van der Waals surface area contributed by atoms with Crippen LogP contribution in [-0.4, -0.2) is 49.8 Å². The lowest BCUT2D eigenvalue weighted by molar-refractivity contribution is -0.142. The average Bonchev–Trinajstić information content (AvgIpc) is 2.68. The molecular weight excluding hydrogens is 366 g/mol. The van der Waals surface area contributed by atoms with Gasteiger partial charge in [0.15, 0.2) is 6.61 Å². The molecule has 2 aromatic rings. The SMILES string of the molecule is Cc1ccc(OCC(=O)N2CCOC(COc3ccc(Cl)c(C)c3)C2)cc1. The van der Waals surface area contributed by atoms with Gasteiger partial charge in [-0.1, -0.05) is 29.3 Å². The van der Waals surface area contributed by atoms with Crippen LogP contribution in [0.2, 0.25) is 5.02 Å². The summed E-state index contributed by atoms with van der Waals surface area (Å²) in [6.07, 6.45) is -0.168. The van der Waals surface area contributed by atoms with E-state index in [2.05, 4.69) is 0 Å². The second kappa shape index (κ2) is 9.11. The topological polar surface area (TPSA) is 48.0 Å². The number of nitrogens with zero attached hydrogens (tertiary/aromatic N) is 1. The Balaban J connectivity index is 1.47. The van der Waals surface area contributed by atoms with Crippen LogP contribution in [0.1, 0.15) is 11.1 Å². The number of amides is 1. The van der Waals surface area contributed by atoms with Crippen molar-refractivity contribution < 1.29 is 19.0 Å². The Hall–Kier alpha value is -2.24. The fraction of sp³-hybridized carbons (Fsp3) is 0.381. The minimum Gasteiger partial charge on any atom is -0.491 e. The molecule has 3 rings (SSSR count). The molecule has 1 heterocycles. The smallest absolute Gasteiger partial charge is 0.260 e. The molecule has 1 fully saturated rings. The molecule has 27 heavy (non-hydrogen) atoms. The summed E-state index contributed by atoms with van der Waals surface area (Å²) in [6, 6.07) is 13.2. The third kappa shape index (κ3) is 5.62. The highest BCUT2D eigenvalue weighted by molar-refractivity contribution is 6.31. The number of carbonyl (C=O) groups is 1. The number of halogens is 1. The van der Waals surface area contributed by atoms with Crippen molar-refractivity contribution in [2.24, 2.45) is 0 Å². The third-order valence-electron chi connectivity index (χ3n) is 4.44. The second-order valence-electron chi connectivity index (χ2n) is 6.66. The maximum absolute atomic E-state index is 12.4. The summed E-state index contributed by atoms with van der Waals surface area (Å²) in [4.78, 5) is 14.2. The minimum absolute atomic E-state index is 0.0209. The van der Waals surface area contributed by atoms with Crippen LogP contribution in [0.5, 0.6) is 11.5 Å². The molecular formula is C21H24ClNO4. The summed E-state index contributed by atoms with van der Waals surface area (Å²) in [5.74, 6) is 1.39. The van der Waals surface area contributed by atoms with E-state index in [1.165, 1.54) is 0 Å². The highest BCUT2D eigenvalue weighted by Crippen LogP contribution is 2.21. The van der Waals surface area contributed by atoms with Gasteiger partial charge >= 0.3 is 0 Å². The van der Waals surface area contributed by atoms with E-state index in [1.54, 1.807) is 4.90 Å². The summed E-state index contributed by atoms with van der Waals surface area (Å²) in [7, 11) is 0. The van der Waals surface area contributed by atoms with Crippen LogP contribution in [0, 0.1) is 13.8 Å². The first-order valence-electron chi connectivity index (χ1n) is 8.99. The molecule has 6 heteroatoms.